The van der Waals surface area contributed by atoms with E-state index in [-0.39, 0.29) is 75.6 Å². The summed E-state index contributed by atoms with van der Waals surface area (Å²) < 4.78 is 26.8. The molecule has 4 heterocycles. The summed E-state index contributed by atoms with van der Waals surface area (Å²) >= 11 is 0. The molecule has 2 aliphatic heterocycles. The Labute approximate surface area is 306 Å². The van der Waals surface area contributed by atoms with Crippen molar-refractivity contribution in [2.45, 2.75) is 113 Å². The Morgan fingerprint density at radius 1 is 0.680 bits per heavy atom. The Kier molecular flexibility index (Phi) is 16.8. The molecule has 2 aliphatic carbocycles. The number of hydrogen-bond donors (Lipinski definition) is 2. The van der Waals surface area contributed by atoms with Gasteiger partial charge < -0.3 is 20.4 Å². The zero-order chi connectivity index (χ0) is 33.9. The van der Waals surface area contributed by atoms with Crippen LogP contribution in [-0.4, -0.2) is 94.3 Å². The highest BCUT2D eigenvalue weighted by molar-refractivity contribution is 5.85. The monoisotopic (exact) mass is 732 g/mol. The normalized spacial score (nSPS) is 28.9. The Balaban J connectivity index is 0.000000260. The summed E-state index contributed by atoms with van der Waals surface area (Å²) in [7, 11) is 0. The molecule has 0 aromatic carbocycles. The van der Waals surface area contributed by atoms with Crippen LogP contribution < -0.4 is 10.6 Å². The van der Waals surface area contributed by atoms with Crippen molar-refractivity contribution in [3.05, 3.63) is 60.2 Å². The van der Waals surface area contributed by atoms with Gasteiger partial charge in [0.05, 0.1) is 38.3 Å². The second kappa shape index (κ2) is 20.4. The first-order chi connectivity index (χ1) is 23.3. The summed E-state index contributed by atoms with van der Waals surface area (Å²) in [5.74, 6) is 0.643. The summed E-state index contributed by atoms with van der Waals surface area (Å²) in [5, 5.41) is 24.6. The van der Waals surface area contributed by atoms with Gasteiger partial charge in [-0.1, -0.05) is 12.1 Å². The third-order valence-corrected chi connectivity index (χ3v) is 10.2. The van der Waals surface area contributed by atoms with Crippen molar-refractivity contribution in [1.82, 2.24) is 30.4 Å². The predicted octanol–water partition coefficient (Wildman–Crippen LogP) is 5.16. The molecule has 4 atom stereocenters. The van der Waals surface area contributed by atoms with E-state index in [9.17, 15) is 18.4 Å². The molecule has 2 aromatic heterocycles. The number of hydrogen-bond acceptors (Lipinski definition) is 8. The number of rotatable bonds is 8. The molecular weight excluding hydrogens is 685 g/mol. The van der Waals surface area contributed by atoms with Crippen molar-refractivity contribution in [3.63, 3.8) is 0 Å². The van der Waals surface area contributed by atoms with Crippen LogP contribution in [0.4, 0.5) is 8.78 Å². The first kappa shape index (κ1) is 41.0. The number of aromatic nitrogens is 2. The summed E-state index contributed by atoms with van der Waals surface area (Å²) in [6, 6.07) is 15.5. The van der Waals surface area contributed by atoms with E-state index in [4.69, 9.17) is 10.5 Å². The lowest BCUT2D eigenvalue weighted by molar-refractivity contribution is -0.131. The molecular formula is C36H48Cl2F2N8O2. The van der Waals surface area contributed by atoms with Crippen LogP contribution >= 0.6 is 24.8 Å². The molecule has 4 aliphatic rings. The Hall–Kier alpha value is -3.42. The molecule has 0 spiro atoms. The van der Waals surface area contributed by atoms with E-state index in [2.05, 4.69) is 32.7 Å². The first-order valence-electron chi connectivity index (χ1n) is 17.3. The van der Waals surface area contributed by atoms with Gasteiger partial charge in [-0.2, -0.15) is 10.5 Å². The Morgan fingerprint density at radius 2 is 1.06 bits per heavy atom. The summed E-state index contributed by atoms with van der Waals surface area (Å²) in [4.78, 5) is 36.1. The van der Waals surface area contributed by atoms with Gasteiger partial charge in [-0.15, -0.1) is 24.8 Å². The van der Waals surface area contributed by atoms with Gasteiger partial charge in [0.15, 0.2) is 0 Å². The lowest BCUT2D eigenvalue weighted by Gasteiger charge is -2.29. The second-order valence-corrected chi connectivity index (χ2v) is 13.4. The highest BCUT2D eigenvalue weighted by Crippen LogP contribution is 2.33. The number of pyridine rings is 2. The molecule has 0 bridgehead atoms. The van der Waals surface area contributed by atoms with Crippen LogP contribution in [0.2, 0.25) is 0 Å². The van der Waals surface area contributed by atoms with Gasteiger partial charge in [0.1, 0.15) is 24.4 Å². The first-order valence-corrected chi connectivity index (χ1v) is 17.3. The lowest BCUT2D eigenvalue weighted by Crippen LogP contribution is -2.44. The SMILES string of the molecule is Cl.Cl.N#C[C@@H]1C[C@H](F)CN1C(=O)CNC1CCC(c2ccccn2)CC1.N#C[C@@H]1C[C@H](F)CN1C(=O)CNC1CCC(c2ccccn2)CC1. The molecule has 0 radical (unpaired) electrons. The molecule has 0 unspecified atom stereocenters. The zero-order valence-electron chi connectivity index (χ0n) is 28.2. The molecule has 14 heteroatoms. The summed E-state index contributed by atoms with van der Waals surface area (Å²) in [5.41, 5.74) is 2.30. The number of carbonyl (C=O) groups excluding carboxylic acids is 2. The molecule has 10 nitrogen and oxygen atoms in total. The van der Waals surface area contributed by atoms with E-state index in [1.54, 1.807) is 0 Å². The topological polar surface area (TPSA) is 138 Å². The van der Waals surface area contributed by atoms with Crippen molar-refractivity contribution < 1.29 is 18.4 Å². The van der Waals surface area contributed by atoms with E-state index in [0.29, 0.717) is 23.9 Å². The van der Waals surface area contributed by atoms with Gasteiger partial charge in [0.25, 0.3) is 0 Å². The van der Waals surface area contributed by atoms with Crippen molar-refractivity contribution in [2.24, 2.45) is 0 Å². The fraction of sp³-hybridized carbons (Fsp3) is 0.611. The molecule has 2 N–H and O–H groups in total. The van der Waals surface area contributed by atoms with E-state index in [1.807, 2.05) is 48.8 Å². The van der Waals surface area contributed by atoms with Gasteiger partial charge in [-0.05, 0) is 75.6 Å². The minimum atomic E-state index is -1.08. The average Bonchev–Trinajstić information content (AvgIpc) is 3.72. The van der Waals surface area contributed by atoms with Crippen LogP contribution in [-0.2, 0) is 9.59 Å². The largest absolute Gasteiger partial charge is 0.323 e. The summed E-state index contributed by atoms with van der Waals surface area (Å²) in [6.45, 7) is 0.462. The number of nitrogens with zero attached hydrogens (tertiary/aromatic N) is 6. The minimum Gasteiger partial charge on any atom is -0.323 e. The molecule has 272 valence electrons. The van der Waals surface area contributed by atoms with E-state index < -0.39 is 24.4 Å². The molecule has 2 aromatic rings. The molecule has 50 heavy (non-hydrogen) atoms. The number of likely N-dealkylation sites (tertiary alicyclic amines) is 2. The number of amides is 2. The van der Waals surface area contributed by atoms with Crippen molar-refractivity contribution in [1.29, 1.82) is 10.5 Å². The van der Waals surface area contributed by atoms with Crippen molar-refractivity contribution >= 4 is 36.6 Å². The fourth-order valence-electron chi connectivity index (χ4n) is 7.45. The van der Waals surface area contributed by atoms with Crippen LogP contribution in [0, 0.1) is 22.7 Å². The maximum Gasteiger partial charge on any atom is 0.237 e. The average molecular weight is 734 g/mol. The number of halogens is 4. The highest BCUT2D eigenvalue weighted by atomic mass is 35.5. The van der Waals surface area contributed by atoms with Gasteiger partial charge in [0, 0.05) is 60.5 Å². The second-order valence-electron chi connectivity index (χ2n) is 13.4. The minimum absolute atomic E-state index is 0. The summed E-state index contributed by atoms with van der Waals surface area (Å²) in [6.07, 6.45) is 10.0. The Bertz CT molecular complexity index is 1310. The number of carbonyl (C=O) groups is 2. The number of nitriles is 2. The molecule has 6 rings (SSSR count). The van der Waals surface area contributed by atoms with E-state index in [0.717, 1.165) is 62.8 Å². The third-order valence-electron chi connectivity index (χ3n) is 10.2. The maximum atomic E-state index is 13.4. The maximum absolute atomic E-state index is 13.4. The van der Waals surface area contributed by atoms with Crippen LogP contribution in [0.25, 0.3) is 0 Å². The molecule has 2 saturated heterocycles. The molecule has 4 fully saturated rings. The third kappa shape index (κ3) is 11.3. The number of alkyl halides is 2. The van der Waals surface area contributed by atoms with Crippen molar-refractivity contribution in [2.75, 3.05) is 26.2 Å². The lowest BCUT2D eigenvalue weighted by atomic mass is 9.84. The van der Waals surface area contributed by atoms with Crippen molar-refractivity contribution in [3.8, 4) is 12.1 Å². The van der Waals surface area contributed by atoms with Crippen LogP contribution in [0.1, 0.15) is 87.4 Å². The fourth-order valence-corrected chi connectivity index (χ4v) is 7.45. The van der Waals surface area contributed by atoms with E-state index in [1.165, 1.54) is 9.80 Å². The van der Waals surface area contributed by atoms with Gasteiger partial charge in [0.2, 0.25) is 11.8 Å². The van der Waals surface area contributed by atoms with Crippen LogP contribution in [0.3, 0.4) is 0 Å². The van der Waals surface area contributed by atoms with Crippen LogP contribution in [0.15, 0.2) is 48.8 Å². The van der Waals surface area contributed by atoms with Crippen LogP contribution in [0.5, 0.6) is 0 Å². The van der Waals surface area contributed by atoms with Gasteiger partial charge in [-0.25, -0.2) is 8.78 Å². The molecule has 2 amide bonds. The Morgan fingerprint density at radius 3 is 1.38 bits per heavy atom. The standard InChI is InChI=1S/2C18H23FN4O.2ClH/c2*19-14-9-16(10-20)23(12-14)18(24)11-22-15-6-4-13(5-7-15)17-3-1-2-8-21-17;;/h2*1-3,8,13-16,22H,4-7,9,11-12H2;2*1H/t2*13?,14-,15?,16-;;/m00../s1. The molecule has 2 saturated carbocycles. The predicted molar refractivity (Wildman–Crippen MR) is 190 cm³/mol. The van der Waals surface area contributed by atoms with E-state index >= 15 is 0 Å². The highest BCUT2D eigenvalue weighted by Gasteiger charge is 2.36. The van der Waals surface area contributed by atoms with Gasteiger partial charge in [-0.3, -0.25) is 19.6 Å². The van der Waals surface area contributed by atoms with Gasteiger partial charge >= 0.3 is 0 Å². The smallest absolute Gasteiger partial charge is 0.237 e. The quantitative estimate of drug-likeness (QED) is 0.380. The number of nitrogens with one attached hydrogen (secondary N) is 2. The zero-order valence-corrected chi connectivity index (χ0v) is 29.8.